The summed E-state index contributed by atoms with van der Waals surface area (Å²) in [5, 5.41) is 13.4. The Kier molecular flexibility index (Phi) is 8.19. The molecule has 0 fully saturated rings. The highest BCUT2D eigenvalue weighted by molar-refractivity contribution is 6.76. The van der Waals surface area contributed by atoms with Crippen LogP contribution in [-0.2, 0) is 17.6 Å². The second kappa shape index (κ2) is 10.2. The van der Waals surface area contributed by atoms with Gasteiger partial charge in [0.05, 0.1) is 6.04 Å². The number of phenolic OH excluding ortho intramolecular Hbond substituents is 1. The molecule has 170 valence electrons. The van der Waals surface area contributed by atoms with Crippen molar-refractivity contribution >= 4 is 19.9 Å². The Bertz CT molecular complexity index is 916. The number of hydrogen-bond acceptors (Lipinski definition) is 5. The number of alkyl halides is 3. The standard InChI is InChI=1S/C21H29F3N4O2Si/c1-6-16(13-25-15(2)17-7-9-18(29)10-8-17)19-26-20(21(22,23)24)28(27-19)14-30-11-12-31(3,4)5/h6-10,13,15,29H,11-12,14H2,1-5H3/b16-6+,25-13-. The Hall–Kier alpha value is -2.46. The number of halogens is 3. The lowest BCUT2D eigenvalue weighted by molar-refractivity contribution is -0.150. The van der Waals surface area contributed by atoms with Crippen LogP contribution in [-0.4, -0.2) is 40.8 Å². The molecule has 0 radical (unpaired) electrons. The van der Waals surface area contributed by atoms with E-state index in [4.69, 9.17) is 4.74 Å². The molecule has 2 rings (SSSR count). The Labute approximate surface area is 181 Å². The van der Waals surface area contributed by atoms with E-state index in [9.17, 15) is 18.3 Å². The minimum Gasteiger partial charge on any atom is -0.508 e. The zero-order valence-electron chi connectivity index (χ0n) is 18.4. The van der Waals surface area contributed by atoms with Crippen molar-refractivity contribution in [3.8, 4) is 5.75 Å². The number of aromatic nitrogens is 3. The summed E-state index contributed by atoms with van der Waals surface area (Å²) in [6, 6.07) is 7.17. The average Bonchev–Trinajstić information content (AvgIpc) is 3.10. The van der Waals surface area contributed by atoms with Crippen LogP contribution in [0.5, 0.6) is 5.75 Å². The van der Waals surface area contributed by atoms with Crippen molar-refractivity contribution in [3.05, 3.63) is 47.6 Å². The lowest BCUT2D eigenvalue weighted by Crippen LogP contribution is -2.23. The quantitative estimate of drug-likeness (QED) is 0.306. The maximum absolute atomic E-state index is 13.4. The summed E-state index contributed by atoms with van der Waals surface area (Å²) in [5.74, 6) is -1.02. The van der Waals surface area contributed by atoms with E-state index >= 15 is 0 Å². The van der Waals surface area contributed by atoms with Gasteiger partial charge >= 0.3 is 6.18 Å². The molecule has 1 heterocycles. The molecule has 1 unspecified atom stereocenters. The fraction of sp³-hybridized carbons (Fsp3) is 0.476. The SMILES string of the molecule is C/C=C(\C=N/C(C)c1ccc(O)cc1)c1nc(C(F)(F)F)n(COCC[Si](C)(C)C)n1. The van der Waals surface area contributed by atoms with E-state index in [0.29, 0.717) is 12.2 Å². The largest absolute Gasteiger partial charge is 0.508 e. The number of phenols is 1. The van der Waals surface area contributed by atoms with Crippen molar-refractivity contribution in [2.24, 2.45) is 4.99 Å². The van der Waals surface area contributed by atoms with Gasteiger partial charge < -0.3 is 9.84 Å². The highest BCUT2D eigenvalue weighted by Crippen LogP contribution is 2.29. The molecule has 0 saturated heterocycles. The molecule has 2 aromatic rings. The number of allylic oxidation sites excluding steroid dienone is 2. The molecule has 0 aliphatic heterocycles. The van der Waals surface area contributed by atoms with Gasteiger partial charge in [-0.2, -0.15) is 13.2 Å². The second-order valence-corrected chi connectivity index (χ2v) is 14.0. The third-order valence-corrected chi connectivity index (χ3v) is 6.22. The molecule has 6 nitrogen and oxygen atoms in total. The minimum absolute atomic E-state index is 0.0646. The summed E-state index contributed by atoms with van der Waals surface area (Å²) >= 11 is 0. The number of hydrogen-bond donors (Lipinski definition) is 1. The molecular formula is C21H29F3N4O2Si. The molecule has 0 amide bonds. The van der Waals surface area contributed by atoms with Crippen LogP contribution in [0.1, 0.15) is 37.1 Å². The average molecular weight is 455 g/mol. The van der Waals surface area contributed by atoms with Crippen LogP contribution in [0.2, 0.25) is 25.7 Å². The molecule has 1 aromatic carbocycles. The van der Waals surface area contributed by atoms with Gasteiger partial charge in [-0.05, 0) is 37.6 Å². The van der Waals surface area contributed by atoms with Gasteiger partial charge in [-0.1, -0.05) is 37.8 Å². The summed E-state index contributed by atoms with van der Waals surface area (Å²) < 4.78 is 46.5. The van der Waals surface area contributed by atoms with Gasteiger partial charge in [-0.25, -0.2) is 9.67 Å². The monoisotopic (exact) mass is 454 g/mol. The lowest BCUT2D eigenvalue weighted by Gasteiger charge is -2.15. The van der Waals surface area contributed by atoms with Crippen molar-refractivity contribution in [1.82, 2.24) is 14.8 Å². The number of benzene rings is 1. The second-order valence-electron chi connectivity index (χ2n) is 8.39. The molecule has 1 aromatic heterocycles. The Morgan fingerprint density at radius 3 is 2.45 bits per heavy atom. The molecular weight excluding hydrogens is 425 g/mol. The van der Waals surface area contributed by atoms with Crippen molar-refractivity contribution in [2.45, 2.75) is 58.5 Å². The Morgan fingerprint density at radius 2 is 1.90 bits per heavy atom. The highest BCUT2D eigenvalue weighted by Gasteiger charge is 2.38. The van der Waals surface area contributed by atoms with Crippen LogP contribution in [0, 0.1) is 0 Å². The van der Waals surface area contributed by atoms with Gasteiger partial charge in [-0.3, -0.25) is 4.99 Å². The van der Waals surface area contributed by atoms with Gasteiger partial charge in [0, 0.05) is 26.5 Å². The molecule has 31 heavy (non-hydrogen) atoms. The van der Waals surface area contributed by atoms with Gasteiger partial charge in [0.2, 0.25) is 5.82 Å². The van der Waals surface area contributed by atoms with Crippen LogP contribution >= 0.6 is 0 Å². The summed E-state index contributed by atoms with van der Waals surface area (Å²) in [6.45, 7) is 10.1. The first-order valence-corrected chi connectivity index (χ1v) is 13.7. The Morgan fingerprint density at radius 1 is 1.26 bits per heavy atom. The molecule has 0 aliphatic carbocycles. The maximum atomic E-state index is 13.4. The van der Waals surface area contributed by atoms with Gasteiger partial charge in [0.25, 0.3) is 0 Å². The zero-order valence-corrected chi connectivity index (χ0v) is 19.4. The summed E-state index contributed by atoms with van der Waals surface area (Å²) in [5.41, 5.74) is 1.23. The third-order valence-electron chi connectivity index (χ3n) is 4.52. The first-order valence-electron chi connectivity index (χ1n) is 9.99. The molecule has 0 bridgehead atoms. The molecule has 1 N–H and O–H groups in total. The Balaban J connectivity index is 2.18. The van der Waals surface area contributed by atoms with Crippen LogP contribution < -0.4 is 0 Å². The van der Waals surface area contributed by atoms with E-state index in [2.05, 4.69) is 34.7 Å². The van der Waals surface area contributed by atoms with Crippen molar-refractivity contribution in [3.63, 3.8) is 0 Å². The molecule has 0 aliphatic rings. The molecule has 10 heteroatoms. The van der Waals surface area contributed by atoms with Crippen molar-refractivity contribution in [1.29, 1.82) is 0 Å². The zero-order chi connectivity index (χ0) is 23.2. The van der Waals surface area contributed by atoms with Crippen LogP contribution in [0.15, 0.2) is 35.3 Å². The first-order chi connectivity index (χ1) is 14.4. The molecule has 0 spiro atoms. The van der Waals surface area contributed by atoms with Crippen LogP contribution in [0.4, 0.5) is 13.2 Å². The van der Waals surface area contributed by atoms with Crippen molar-refractivity contribution < 1.29 is 23.0 Å². The van der Waals surface area contributed by atoms with E-state index in [1.807, 2.05) is 6.92 Å². The van der Waals surface area contributed by atoms with Crippen molar-refractivity contribution in [2.75, 3.05) is 6.61 Å². The highest BCUT2D eigenvalue weighted by atomic mass is 28.3. The first kappa shape index (κ1) is 24.8. The topological polar surface area (TPSA) is 72.5 Å². The van der Waals surface area contributed by atoms with Gasteiger partial charge in [0.1, 0.15) is 12.5 Å². The molecule has 1 atom stereocenters. The fourth-order valence-corrected chi connectivity index (χ4v) is 3.34. The van der Waals surface area contributed by atoms with E-state index in [1.54, 1.807) is 37.3 Å². The third kappa shape index (κ3) is 7.62. The summed E-state index contributed by atoms with van der Waals surface area (Å²) in [7, 11) is -1.35. The predicted molar refractivity (Wildman–Crippen MR) is 118 cm³/mol. The van der Waals surface area contributed by atoms with E-state index < -0.39 is 20.1 Å². The van der Waals surface area contributed by atoms with E-state index in [1.165, 1.54) is 6.21 Å². The van der Waals surface area contributed by atoms with Gasteiger partial charge in [0.15, 0.2) is 5.82 Å². The maximum Gasteiger partial charge on any atom is 0.451 e. The number of aromatic hydroxyl groups is 1. The summed E-state index contributed by atoms with van der Waals surface area (Å²) in [4.78, 5) is 8.11. The number of nitrogens with zero attached hydrogens (tertiary/aromatic N) is 4. The predicted octanol–water partition coefficient (Wildman–Crippen LogP) is 5.55. The van der Waals surface area contributed by atoms with Gasteiger partial charge in [-0.15, -0.1) is 5.10 Å². The fourth-order valence-electron chi connectivity index (χ4n) is 2.59. The minimum atomic E-state index is -4.65. The normalized spacial score (nSPS) is 14.4. The van der Waals surface area contributed by atoms with Crippen LogP contribution in [0.25, 0.3) is 5.57 Å². The van der Waals surface area contributed by atoms with E-state index in [-0.39, 0.29) is 24.3 Å². The van der Waals surface area contributed by atoms with E-state index in [0.717, 1.165) is 16.3 Å². The lowest BCUT2D eigenvalue weighted by atomic mass is 10.1. The number of rotatable bonds is 9. The number of ether oxygens (including phenoxy) is 1. The molecule has 0 saturated carbocycles. The smallest absolute Gasteiger partial charge is 0.451 e. The van der Waals surface area contributed by atoms with Crippen LogP contribution in [0.3, 0.4) is 0 Å². The number of aliphatic imine (C=N–C) groups is 1. The summed E-state index contributed by atoms with van der Waals surface area (Å²) in [6.07, 6.45) is -1.58.